The third-order valence-corrected chi connectivity index (χ3v) is 3.61. The molecule has 0 fully saturated rings. The number of ether oxygens (including phenoxy) is 1. The minimum Gasteiger partial charge on any atom is -0.496 e. The van der Waals surface area contributed by atoms with Gasteiger partial charge in [0.05, 0.1) is 13.2 Å². The van der Waals surface area contributed by atoms with Gasteiger partial charge in [0, 0.05) is 16.9 Å². The molecule has 1 aromatic carbocycles. The summed E-state index contributed by atoms with van der Waals surface area (Å²) in [5.41, 5.74) is 1.21. The van der Waals surface area contributed by atoms with Crippen molar-refractivity contribution in [2.24, 2.45) is 0 Å². The Morgan fingerprint density at radius 2 is 2.33 bits per heavy atom. The van der Waals surface area contributed by atoms with Gasteiger partial charge in [-0.25, -0.2) is 4.39 Å². The van der Waals surface area contributed by atoms with Crippen LogP contribution >= 0.6 is 11.8 Å². The summed E-state index contributed by atoms with van der Waals surface area (Å²) in [6.07, 6.45) is -0.105. The quantitative estimate of drug-likeness (QED) is 0.800. The predicted octanol–water partition coefficient (Wildman–Crippen LogP) is 2.50. The summed E-state index contributed by atoms with van der Waals surface area (Å²) in [7, 11) is 1.56. The Balaban J connectivity index is 2.55. The largest absolute Gasteiger partial charge is 0.496 e. The Kier molecular flexibility index (Phi) is 3.17. The Morgan fingerprint density at radius 3 is 3.07 bits per heavy atom. The molecule has 0 unspecified atom stereocenters. The van der Waals surface area contributed by atoms with E-state index in [4.69, 9.17) is 4.74 Å². The van der Waals surface area contributed by atoms with Crippen LogP contribution in [0.1, 0.15) is 23.7 Å². The van der Waals surface area contributed by atoms with Crippen LogP contribution in [0.2, 0.25) is 0 Å². The fraction of sp³-hybridized carbons (Fsp3) is 0.455. The lowest BCUT2D eigenvalue weighted by Gasteiger charge is -2.15. The van der Waals surface area contributed by atoms with Gasteiger partial charge >= 0.3 is 0 Å². The lowest BCUT2D eigenvalue weighted by atomic mass is 10.0. The number of aliphatic hydroxyl groups is 1. The van der Waals surface area contributed by atoms with Crippen molar-refractivity contribution in [3.63, 3.8) is 0 Å². The van der Waals surface area contributed by atoms with Gasteiger partial charge in [-0.15, -0.1) is 0 Å². The second-order valence-corrected chi connectivity index (χ2v) is 4.60. The fourth-order valence-electron chi connectivity index (χ4n) is 1.83. The molecule has 82 valence electrons. The number of rotatable bonds is 1. The smallest absolute Gasteiger partial charge is 0.129 e. The number of thioether (sulfide) groups is 1. The highest BCUT2D eigenvalue weighted by atomic mass is 32.2. The van der Waals surface area contributed by atoms with Crippen LogP contribution in [-0.2, 0) is 5.75 Å². The van der Waals surface area contributed by atoms with Gasteiger partial charge in [0.25, 0.3) is 0 Å². The Hall–Kier alpha value is -0.740. The van der Waals surface area contributed by atoms with E-state index in [1.54, 1.807) is 24.9 Å². The molecule has 2 rings (SSSR count). The molecule has 0 amide bonds. The normalized spacial score (nSPS) is 20.6. The highest BCUT2D eigenvalue weighted by Crippen LogP contribution is 2.37. The van der Waals surface area contributed by atoms with Crippen LogP contribution in [0.25, 0.3) is 0 Å². The third kappa shape index (κ3) is 1.96. The SMILES string of the molecule is COc1ccc(F)c2c1CSCC[C@H]2O. The second-order valence-electron chi connectivity index (χ2n) is 3.50. The first kappa shape index (κ1) is 10.8. The van der Waals surface area contributed by atoms with E-state index < -0.39 is 6.10 Å². The van der Waals surface area contributed by atoms with E-state index in [1.165, 1.54) is 6.07 Å². The molecule has 1 aliphatic heterocycles. The van der Waals surface area contributed by atoms with Crippen LogP contribution in [0.3, 0.4) is 0 Å². The average Bonchev–Trinajstić information content (AvgIpc) is 2.42. The molecule has 4 heteroatoms. The molecule has 1 heterocycles. The zero-order valence-corrected chi connectivity index (χ0v) is 9.31. The predicted molar refractivity (Wildman–Crippen MR) is 58.7 cm³/mol. The van der Waals surface area contributed by atoms with Crippen molar-refractivity contribution in [2.75, 3.05) is 12.9 Å². The average molecular weight is 228 g/mol. The minimum atomic E-state index is -0.704. The zero-order chi connectivity index (χ0) is 10.8. The molecule has 1 aliphatic rings. The Labute approximate surface area is 92.4 Å². The lowest BCUT2D eigenvalue weighted by molar-refractivity contribution is 0.169. The molecule has 0 saturated heterocycles. The summed E-state index contributed by atoms with van der Waals surface area (Å²) < 4.78 is 18.8. The molecule has 0 saturated carbocycles. The Bertz CT molecular complexity index is 368. The molecule has 1 atom stereocenters. The highest BCUT2D eigenvalue weighted by Gasteiger charge is 2.23. The molecule has 0 bridgehead atoms. The molecular weight excluding hydrogens is 215 g/mol. The topological polar surface area (TPSA) is 29.5 Å². The van der Waals surface area contributed by atoms with Gasteiger partial charge in [0.15, 0.2) is 0 Å². The molecule has 0 spiro atoms. The van der Waals surface area contributed by atoms with Crippen molar-refractivity contribution in [1.82, 2.24) is 0 Å². The molecule has 0 aromatic heterocycles. The van der Waals surface area contributed by atoms with Gasteiger partial charge in [-0.05, 0) is 24.3 Å². The van der Waals surface area contributed by atoms with E-state index in [9.17, 15) is 9.50 Å². The third-order valence-electron chi connectivity index (χ3n) is 2.60. The van der Waals surface area contributed by atoms with Crippen molar-refractivity contribution in [2.45, 2.75) is 18.3 Å². The molecule has 0 radical (unpaired) electrons. The maximum atomic E-state index is 13.6. The van der Waals surface area contributed by atoms with Gasteiger partial charge in [-0.2, -0.15) is 11.8 Å². The highest BCUT2D eigenvalue weighted by molar-refractivity contribution is 7.98. The molecular formula is C11H13FO2S. The van der Waals surface area contributed by atoms with E-state index in [-0.39, 0.29) is 5.82 Å². The van der Waals surface area contributed by atoms with Crippen molar-refractivity contribution >= 4 is 11.8 Å². The first-order valence-electron chi connectivity index (χ1n) is 4.85. The van der Waals surface area contributed by atoms with Gasteiger partial charge in [0.2, 0.25) is 0 Å². The number of hydrogen-bond acceptors (Lipinski definition) is 3. The number of halogens is 1. The molecule has 1 N–H and O–H groups in total. The van der Waals surface area contributed by atoms with Crippen LogP contribution in [0.4, 0.5) is 4.39 Å². The maximum absolute atomic E-state index is 13.6. The van der Waals surface area contributed by atoms with Crippen LogP contribution in [0, 0.1) is 5.82 Å². The van der Waals surface area contributed by atoms with E-state index in [1.807, 2.05) is 0 Å². The summed E-state index contributed by atoms with van der Waals surface area (Å²) in [5.74, 6) is 1.88. The first-order chi connectivity index (χ1) is 7.24. The molecule has 0 aliphatic carbocycles. The molecule has 2 nitrogen and oxygen atoms in total. The first-order valence-corrected chi connectivity index (χ1v) is 6.00. The number of aliphatic hydroxyl groups excluding tert-OH is 1. The van der Waals surface area contributed by atoms with Crippen molar-refractivity contribution < 1.29 is 14.2 Å². The molecule has 15 heavy (non-hydrogen) atoms. The van der Waals surface area contributed by atoms with Crippen LogP contribution in [-0.4, -0.2) is 18.0 Å². The number of hydrogen-bond donors (Lipinski definition) is 1. The summed E-state index contributed by atoms with van der Waals surface area (Å²) in [6.45, 7) is 0. The van der Waals surface area contributed by atoms with E-state index in [2.05, 4.69) is 0 Å². The van der Waals surface area contributed by atoms with Crippen molar-refractivity contribution in [3.05, 3.63) is 29.1 Å². The van der Waals surface area contributed by atoms with Crippen LogP contribution in [0.5, 0.6) is 5.75 Å². The summed E-state index contributed by atoms with van der Waals surface area (Å²) in [6, 6.07) is 2.98. The number of fused-ring (bicyclic) bond motifs is 1. The van der Waals surface area contributed by atoms with Gasteiger partial charge in [-0.1, -0.05) is 0 Å². The summed E-state index contributed by atoms with van der Waals surface area (Å²) >= 11 is 1.69. The monoisotopic (exact) mass is 228 g/mol. The van der Waals surface area contributed by atoms with E-state index in [0.29, 0.717) is 23.5 Å². The Morgan fingerprint density at radius 1 is 1.53 bits per heavy atom. The zero-order valence-electron chi connectivity index (χ0n) is 8.50. The standard InChI is InChI=1S/C11H13FO2S/c1-14-10-3-2-8(12)11-7(10)6-15-5-4-9(11)13/h2-3,9,13H,4-6H2,1H3/t9-/m1/s1. The fourth-order valence-corrected chi connectivity index (χ4v) is 2.87. The second kappa shape index (κ2) is 4.41. The van der Waals surface area contributed by atoms with Gasteiger partial charge < -0.3 is 9.84 Å². The minimum absolute atomic E-state index is 0.333. The number of methoxy groups -OCH3 is 1. The lowest BCUT2D eigenvalue weighted by Crippen LogP contribution is -2.04. The van der Waals surface area contributed by atoms with E-state index >= 15 is 0 Å². The maximum Gasteiger partial charge on any atom is 0.129 e. The van der Waals surface area contributed by atoms with Crippen LogP contribution < -0.4 is 4.74 Å². The van der Waals surface area contributed by atoms with Gasteiger partial charge in [-0.3, -0.25) is 0 Å². The summed E-state index contributed by atoms with van der Waals surface area (Å²) in [4.78, 5) is 0. The number of benzene rings is 1. The van der Waals surface area contributed by atoms with Crippen LogP contribution in [0.15, 0.2) is 12.1 Å². The van der Waals surface area contributed by atoms with Gasteiger partial charge in [0.1, 0.15) is 11.6 Å². The molecule has 1 aromatic rings. The summed E-state index contributed by atoms with van der Waals surface area (Å²) in [5, 5.41) is 9.83. The van der Waals surface area contributed by atoms with Crippen molar-refractivity contribution in [3.8, 4) is 5.75 Å². The van der Waals surface area contributed by atoms with E-state index in [0.717, 1.165) is 11.3 Å². The van der Waals surface area contributed by atoms with Crippen molar-refractivity contribution in [1.29, 1.82) is 0 Å².